The van der Waals surface area contributed by atoms with Crippen molar-refractivity contribution in [2.45, 2.75) is 0 Å². The van der Waals surface area contributed by atoms with Crippen molar-refractivity contribution in [3.63, 3.8) is 0 Å². The third-order valence-electron chi connectivity index (χ3n) is 1.69. The van der Waals surface area contributed by atoms with Gasteiger partial charge in [0, 0.05) is 7.05 Å². The van der Waals surface area contributed by atoms with Crippen LogP contribution in [-0.4, -0.2) is 19.4 Å². The van der Waals surface area contributed by atoms with Crippen LogP contribution in [0.1, 0.15) is 10.4 Å². The van der Waals surface area contributed by atoms with Gasteiger partial charge in [0.05, 0.1) is 11.3 Å². The van der Waals surface area contributed by atoms with Gasteiger partial charge in [-0.3, -0.25) is 9.59 Å². The Hall–Kier alpha value is -1.91. The van der Waals surface area contributed by atoms with E-state index < -0.39 is 11.7 Å². The molecule has 0 heterocycles. The first-order valence-electron chi connectivity index (χ1n) is 3.91. The van der Waals surface area contributed by atoms with E-state index in [0.717, 1.165) is 6.07 Å². The Morgan fingerprint density at radius 2 is 2.21 bits per heavy atom. The molecule has 1 rings (SSSR count). The van der Waals surface area contributed by atoms with E-state index in [1.165, 1.54) is 19.2 Å². The Labute approximate surface area is 80.1 Å². The number of halogens is 1. The molecule has 74 valence electrons. The van der Waals surface area contributed by atoms with Crippen LogP contribution >= 0.6 is 0 Å². The molecule has 0 radical (unpaired) electrons. The average molecular weight is 196 g/mol. The van der Waals surface area contributed by atoms with Crippen molar-refractivity contribution in [1.82, 2.24) is 5.32 Å². The number of nitrogens with one attached hydrogen (secondary N) is 2. The van der Waals surface area contributed by atoms with Crippen LogP contribution in [0.3, 0.4) is 0 Å². The van der Waals surface area contributed by atoms with E-state index in [-0.39, 0.29) is 11.3 Å². The summed E-state index contributed by atoms with van der Waals surface area (Å²) < 4.78 is 13.1. The van der Waals surface area contributed by atoms with E-state index in [9.17, 15) is 14.0 Å². The molecule has 0 aliphatic carbocycles. The predicted molar refractivity (Wildman–Crippen MR) is 49.5 cm³/mol. The van der Waals surface area contributed by atoms with Crippen LogP contribution in [0.15, 0.2) is 18.2 Å². The molecule has 1 aromatic rings. The SMILES string of the molecule is CNC(=O)c1cccc(F)c1NC=O. The lowest BCUT2D eigenvalue weighted by atomic mass is 10.1. The number of carbonyl (C=O) groups is 2. The Balaban J connectivity index is 3.20. The Morgan fingerprint density at radius 1 is 1.50 bits per heavy atom. The molecule has 2 amide bonds. The zero-order valence-electron chi connectivity index (χ0n) is 7.50. The number of carbonyl (C=O) groups excluding carboxylic acids is 2. The zero-order valence-corrected chi connectivity index (χ0v) is 7.50. The predicted octanol–water partition coefficient (Wildman–Crippen LogP) is 0.754. The number of rotatable bonds is 3. The first-order valence-corrected chi connectivity index (χ1v) is 3.91. The molecule has 0 fully saturated rings. The van der Waals surface area contributed by atoms with Gasteiger partial charge in [-0.1, -0.05) is 6.07 Å². The maximum Gasteiger partial charge on any atom is 0.253 e. The fraction of sp³-hybridized carbons (Fsp3) is 0.111. The van der Waals surface area contributed by atoms with Gasteiger partial charge in [0.15, 0.2) is 0 Å². The van der Waals surface area contributed by atoms with Gasteiger partial charge in [-0.2, -0.15) is 0 Å². The molecule has 0 saturated heterocycles. The topological polar surface area (TPSA) is 58.2 Å². The molecule has 14 heavy (non-hydrogen) atoms. The molecule has 0 aromatic heterocycles. The van der Waals surface area contributed by atoms with Crippen LogP contribution in [0.4, 0.5) is 10.1 Å². The first kappa shape index (κ1) is 10.2. The number of hydrogen-bond donors (Lipinski definition) is 2. The van der Waals surface area contributed by atoms with Gasteiger partial charge in [-0.25, -0.2) is 4.39 Å². The standard InChI is InChI=1S/C9H9FN2O2/c1-11-9(14)6-3-2-4-7(10)8(6)12-5-13/h2-5H,1H3,(H,11,14)(H,12,13). The fourth-order valence-electron chi connectivity index (χ4n) is 1.05. The van der Waals surface area contributed by atoms with Crippen molar-refractivity contribution in [2.75, 3.05) is 12.4 Å². The minimum atomic E-state index is -0.641. The van der Waals surface area contributed by atoms with E-state index >= 15 is 0 Å². The summed E-state index contributed by atoms with van der Waals surface area (Å²) in [7, 11) is 1.43. The minimum Gasteiger partial charge on any atom is -0.355 e. The average Bonchev–Trinajstić information content (AvgIpc) is 2.20. The van der Waals surface area contributed by atoms with Crippen molar-refractivity contribution in [2.24, 2.45) is 0 Å². The fourth-order valence-corrected chi connectivity index (χ4v) is 1.05. The van der Waals surface area contributed by atoms with Crippen LogP contribution in [0.25, 0.3) is 0 Å². The van der Waals surface area contributed by atoms with E-state index in [4.69, 9.17) is 0 Å². The summed E-state index contributed by atoms with van der Waals surface area (Å²) in [6.45, 7) is 0. The van der Waals surface area contributed by atoms with E-state index in [0.29, 0.717) is 6.41 Å². The van der Waals surface area contributed by atoms with E-state index in [2.05, 4.69) is 10.6 Å². The van der Waals surface area contributed by atoms with Crippen molar-refractivity contribution in [1.29, 1.82) is 0 Å². The number of anilines is 1. The summed E-state index contributed by atoms with van der Waals surface area (Å²) in [4.78, 5) is 21.4. The highest BCUT2D eigenvalue weighted by Crippen LogP contribution is 2.18. The summed E-state index contributed by atoms with van der Waals surface area (Å²) >= 11 is 0. The van der Waals surface area contributed by atoms with Crippen LogP contribution in [0.5, 0.6) is 0 Å². The lowest BCUT2D eigenvalue weighted by molar-refractivity contribution is -0.105. The van der Waals surface area contributed by atoms with Crippen LogP contribution in [0.2, 0.25) is 0 Å². The van der Waals surface area contributed by atoms with Crippen LogP contribution in [-0.2, 0) is 4.79 Å². The third kappa shape index (κ3) is 1.87. The number of benzene rings is 1. The smallest absolute Gasteiger partial charge is 0.253 e. The normalized spacial score (nSPS) is 9.29. The summed E-state index contributed by atoms with van der Waals surface area (Å²) in [6.07, 6.45) is 0.324. The monoisotopic (exact) mass is 196 g/mol. The number of amides is 2. The molecule has 0 aliphatic heterocycles. The second kappa shape index (κ2) is 4.36. The van der Waals surface area contributed by atoms with Crippen molar-refractivity contribution in [3.05, 3.63) is 29.6 Å². The summed E-state index contributed by atoms with van der Waals surface area (Å²) in [5.74, 6) is -1.09. The van der Waals surface area contributed by atoms with Gasteiger partial charge in [-0.15, -0.1) is 0 Å². The molecule has 0 aliphatic rings. The van der Waals surface area contributed by atoms with Gasteiger partial charge in [-0.05, 0) is 12.1 Å². The van der Waals surface area contributed by atoms with Crippen molar-refractivity contribution < 1.29 is 14.0 Å². The molecule has 2 N–H and O–H groups in total. The lowest BCUT2D eigenvalue weighted by Gasteiger charge is -2.07. The lowest BCUT2D eigenvalue weighted by Crippen LogP contribution is -2.20. The summed E-state index contributed by atoms with van der Waals surface area (Å²) in [5, 5.41) is 4.49. The molecule has 0 bridgehead atoms. The molecule has 0 spiro atoms. The number of hydrogen-bond acceptors (Lipinski definition) is 2. The van der Waals surface area contributed by atoms with Crippen LogP contribution < -0.4 is 10.6 Å². The van der Waals surface area contributed by atoms with E-state index in [1.807, 2.05) is 0 Å². The molecule has 4 nitrogen and oxygen atoms in total. The highest BCUT2D eigenvalue weighted by Gasteiger charge is 2.12. The summed E-state index contributed by atoms with van der Waals surface area (Å²) in [6, 6.07) is 3.99. The van der Waals surface area contributed by atoms with Gasteiger partial charge in [0.25, 0.3) is 5.91 Å². The van der Waals surface area contributed by atoms with Gasteiger partial charge in [0.1, 0.15) is 5.82 Å². The first-order chi connectivity index (χ1) is 6.70. The zero-order chi connectivity index (χ0) is 10.6. The molecular weight excluding hydrogens is 187 g/mol. The maximum absolute atomic E-state index is 13.1. The Morgan fingerprint density at radius 3 is 2.79 bits per heavy atom. The van der Waals surface area contributed by atoms with E-state index in [1.54, 1.807) is 0 Å². The molecule has 5 heteroatoms. The molecule has 0 unspecified atom stereocenters. The molecular formula is C9H9FN2O2. The van der Waals surface area contributed by atoms with Gasteiger partial charge in [0.2, 0.25) is 6.41 Å². The quantitative estimate of drug-likeness (QED) is 0.701. The van der Waals surface area contributed by atoms with Gasteiger partial charge < -0.3 is 10.6 Å². The van der Waals surface area contributed by atoms with Crippen molar-refractivity contribution in [3.8, 4) is 0 Å². The molecule has 1 aromatic carbocycles. The van der Waals surface area contributed by atoms with Gasteiger partial charge >= 0.3 is 0 Å². The number of para-hydroxylation sites is 1. The minimum absolute atomic E-state index is 0.0969. The highest BCUT2D eigenvalue weighted by molar-refractivity contribution is 6.01. The second-order valence-corrected chi connectivity index (χ2v) is 2.50. The largest absolute Gasteiger partial charge is 0.355 e. The van der Waals surface area contributed by atoms with Crippen molar-refractivity contribution >= 4 is 18.0 Å². The maximum atomic E-state index is 13.1. The van der Waals surface area contributed by atoms with Crippen LogP contribution in [0, 0.1) is 5.82 Å². The second-order valence-electron chi connectivity index (χ2n) is 2.50. The highest BCUT2D eigenvalue weighted by atomic mass is 19.1. The summed E-state index contributed by atoms with van der Waals surface area (Å²) in [5.41, 5.74) is -0.0125. The Bertz CT molecular complexity index is 366. The third-order valence-corrected chi connectivity index (χ3v) is 1.69. The Kier molecular flexibility index (Phi) is 3.17. The molecule has 0 saturated carbocycles. The molecule has 0 atom stereocenters.